The van der Waals surface area contributed by atoms with E-state index < -0.39 is 0 Å². The minimum Gasteiger partial charge on any atom is -0.497 e. The molecular weight excluding hydrogens is 288 g/mol. The highest BCUT2D eigenvalue weighted by Crippen LogP contribution is 2.67. The molecule has 0 aliphatic heterocycles. The molecule has 5 aliphatic carbocycles. The van der Waals surface area contributed by atoms with E-state index in [-0.39, 0.29) is 11.2 Å². The van der Waals surface area contributed by atoms with Crippen molar-refractivity contribution in [3.05, 3.63) is 23.3 Å². The highest BCUT2D eigenvalue weighted by molar-refractivity contribution is 6.05. The number of Topliss-reactive ketones (excluding diaryl/α,β-unsaturated/α-hetero) is 1. The molecule has 0 saturated heterocycles. The minimum absolute atomic E-state index is 0.0711. The van der Waals surface area contributed by atoms with E-state index in [0.29, 0.717) is 24.0 Å². The highest BCUT2D eigenvalue weighted by atomic mass is 16.5. The van der Waals surface area contributed by atoms with Gasteiger partial charge in [0.05, 0.1) is 19.8 Å². The fraction of sp³-hybridized carbons (Fsp3) is 0.650. The summed E-state index contributed by atoms with van der Waals surface area (Å²) < 4.78 is 11.1. The SMILES string of the molecule is COc1cc(OC)c2c(c1)C1(CC2=O)C2CC3CC(C2)CC1C3. The Morgan fingerprint density at radius 2 is 1.61 bits per heavy atom. The summed E-state index contributed by atoms with van der Waals surface area (Å²) in [5.74, 6) is 5.00. The second-order valence-corrected chi connectivity index (χ2v) is 8.20. The molecule has 1 aromatic carbocycles. The van der Waals surface area contributed by atoms with Crippen LogP contribution in [0.4, 0.5) is 0 Å². The molecular formula is C20H24O3. The number of carbonyl (C=O) groups excluding carboxylic acids is 1. The number of hydrogen-bond acceptors (Lipinski definition) is 3. The fourth-order valence-corrected chi connectivity index (χ4v) is 6.73. The standard InChI is InChI=1S/C20H24O3/c1-22-15-8-16-19(18(9-15)23-2)17(21)10-20(16)13-4-11-3-12(6-13)7-14(20)5-11/h8-9,11-14H,3-7,10H2,1-2H3. The van der Waals surface area contributed by atoms with Crippen molar-refractivity contribution in [2.75, 3.05) is 14.2 Å². The third kappa shape index (κ3) is 1.63. The molecule has 3 nitrogen and oxygen atoms in total. The topological polar surface area (TPSA) is 35.5 Å². The number of hydrogen-bond donors (Lipinski definition) is 0. The summed E-state index contributed by atoms with van der Waals surface area (Å²) in [6.07, 6.45) is 7.41. The van der Waals surface area contributed by atoms with Crippen LogP contribution in [-0.2, 0) is 5.41 Å². The van der Waals surface area contributed by atoms with Gasteiger partial charge in [0.2, 0.25) is 0 Å². The third-order valence-electron chi connectivity index (χ3n) is 7.36. The van der Waals surface area contributed by atoms with Crippen LogP contribution < -0.4 is 9.47 Å². The van der Waals surface area contributed by atoms with Gasteiger partial charge in [0.1, 0.15) is 11.5 Å². The van der Waals surface area contributed by atoms with Crippen LogP contribution in [0.5, 0.6) is 11.5 Å². The first kappa shape index (κ1) is 13.9. The average Bonchev–Trinajstić information content (AvgIpc) is 2.85. The highest BCUT2D eigenvalue weighted by Gasteiger charge is 2.61. The molecule has 0 aromatic heterocycles. The van der Waals surface area contributed by atoms with E-state index in [1.807, 2.05) is 6.07 Å². The molecule has 0 radical (unpaired) electrons. The minimum atomic E-state index is 0.0711. The molecule has 4 bridgehead atoms. The van der Waals surface area contributed by atoms with Gasteiger partial charge in [0, 0.05) is 17.9 Å². The molecule has 0 heterocycles. The fourth-order valence-electron chi connectivity index (χ4n) is 6.73. The molecule has 23 heavy (non-hydrogen) atoms. The van der Waals surface area contributed by atoms with Gasteiger partial charge in [-0.1, -0.05) is 0 Å². The van der Waals surface area contributed by atoms with Gasteiger partial charge in [-0.15, -0.1) is 0 Å². The molecule has 0 N–H and O–H groups in total. The van der Waals surface area contributed by atoms with Gasteiger partial charge in [-0.2, -0.15) is 0 Å². The van der Waals surface area contributed by atoms with E-state index >= 15 is 0 Å². The van der Waals surface area contributed by atoms with E-state index in [2.05, 4.69) is 6.07 Å². The Balaban J connectivity index is 1.72. The predicted molar refractivity (Wildman–Crippen MR) is 87.2 cm³/mol. The molecule has 1 aromatic rings. The van der Waals surface area contributed by atoms with Crippen molar-refractivity contribution >= 4 is 5.78 Å². The number of fused-ring (bicyclic) bond motifs is 1. The van der Waals surface area contributed by atoms with Crippen LogP contribution in [0.15, 0.2) is 12.1 Å². The lowest BCUT2D eigenvalue weighted by Gasteiger charge is -2.60. The number of ether oxygens (including phenoxy) is 2. The average molecular weight is 312 g/mol. The molecule has 1 spiro atoms. The second kappa shape index (κ2) is 4.52. The van der Waals surface area contributed by atoms with Crippen LogP contribution in [0.2, 0.25) is 0 Å². The van der Waals surface area contributed by atoms with Gasteiger partial charge >= 0.3 is 0 Å². The van der Waals surface area contributed by atoms with Crippen molar-refractivity contribution < 1.29 is 14.3 Å². The molecule has 4 saturated carbocycles. The first-order valence-electron chi connectivity index (χ1n) is 8.95. The Hall–Kier alpha value is -1.51. The maximum atomic E-state index is 12.9. The molecule has 5 aliphatic rings. The number of rotatable bonds is 2. The molecule has 4 fully saturated rings. The summed E-state index contributed by atoms with van der Waals surface area (Å²) in [7, 11) is 3.35. The Kier molecular flexibility index (Phi) is 2.73. The molecule has 0 atom stereocenters. The molecule has 122 valence electrons. The van der Waals surface area contributed by atoms with Gasteiger partial charge in [-0.05, 0) is 67.4 Å². The molecule has 3 heteroatoms. The van der Waals surface area contributed by atoms with Crippen molar-refractivity contribution in [1.29, 1.82) is 0 Å². The van der Waals surface area contributed by atoms with Crippen LogP contribution in [0.3, 0.4) is 0 Å². The van der Waals surface area contributed by atoms with Gasteiger partial charge in [0.15, 0.2) is 5.78 Å². The first-order chi connectivity index (χ1) is 11.2. The maximum absolute atomic E-state index is 12.9. The van der Waals surface area contributed by atoms with Crippen LogP contribution >= 0.6 is 0 Å². The van der Waals surface area contributed by atoms with Gasteiger partial charge in [0.25, 0.3) is 0 Å². The van der Waals surface area contributed by atoms with Crippen molar-refractivity contribution in [2.24, 2.45) is 23.7 Å². The van der Waals surface area contributed by atoms with E-state index in [1.54, 1.807) is 14.2 Å². The predicted octanol–water partition coefficient (Wildman–Crippen LogP) is 3.98. The zero-order valence-electron chi connectivity index (χ0n) is 13.9. The first-order valence-corrected chi connectivity index (χ1v) is 8.95. The summed E-state index contributed by atoms with van der Waals surface area (Å²) in [6.45, 7) is 0. The van der Waals surface area contributed by atoms with Gasteiger partial charge in [-0.25, -0.2) is 0 Å². The maximum Gasteiger partial charge on any atom is 0.167 e. The van der Waals surface area contributed by atoms with Gasteiger partial charge in [-0.3, -0.25) is 4.79 Å². The lowest BCUT2D eigenvalue weighted by atomic mass is 9.44. The summed E-state index contributed by atoms with van der Waals surface area (Å²) in [4.78, 5) is 12.9. The normalized spacial score (nSPS) is 39.8. The molecule has 0 amide bonds. The summed E-state index contributed by atoms with van der Waals surface area (Å²) in [6, 6.07) is 4.01. The summed E-state index contributed by atoms with van der Waals surface area (Å²) in [5.41, 5.74) is 2.16. The number of methoxy groups -OCH3 is 2. The quantitative estimate of drug-likeness (QED) is 0.828. The van der Waals surface area contributed by atoms with Crippen LogP contribution in [-0.4, -0.2) is 20.0 Å². The van der Waals surface area contributed by atoms with Crippen LogP contribution in [0, 0.1) is 23.7 Å². The number of benzene rings is 1. The molecule has 6 rings (SSSR count). The van der Waals surface area contributed by atoms with E-state index in [1.165, 1.54) is 37.7 Å². The Morgan fingerprint density at radius 1 is 0.957 bits per heavy atom. The Morgan fingerprint density at radius 3 is 2.17 bits per heavy atom. The lowest BCUT2D eigenvalue weighted by Crippen LogP contribution is -2.54. The van der Waals surface area contributed by atoms with E-state index in [0.717, 1.165) is 23.1 Å². The third-order valence-corrected chi connectivity index (χ3v) is 7.36. The summed E-state index contributed by atoms with van der Waals surface area (Å²) >= 11 is 0. The van der Waals surface area contributed by atoms with Crippen LogP contribution in [0.1, 0.15) is 54.4 Å². The zero-order valence-corrected chi connectivity index (χ0v) is 13.9. The van der Waals surface area contributed by atoms with Crippen molar-refractivity contribution in [3.63, 3.8) is 0 Å². The Labute approximate surface area is 137 Å². The second-order valence-electron chi connectivity index (χ2n) is 8.20. The smallest absolute Gasteiger partial charge is 0.167 e. The summed E-state index contributed by atoms with van der Waals surface area (Å²) in [5, 5.41) is 0. The van der Waals surface area contributed by atoms with E-state index in [4.69, 9.17) is 9.47 Å². The van der Waals surface area contributed by atoms with Crippen molar-refractivity contribution in [3.8, 4) is 11.5 Å². The number of carbonyl (C=O) groups is 1. The van der Waals surface area contributed by atoms with Crippen molar-refractivity contribution in [1.82, 2.24) is 0 Å². The monoisotopic (exact) mass is 312 g/mol. The zero-order chi connectivity index (χ0) is 15.8. The number of ketones is 1. The largest absolute Gasteiger partial charge is 0.497 e. The van der Waals surface area contributed by atoms with E-state index in [9.17, 15) is 4.79 Å². The Bertz CT molecular complexity index is 662. The van der Waals surface area contributed by atoms with Gasteiger partial charge < -0.3 is 9.47 Å². The van der Waals surface area contributed by atoms with Crippen LogP contribution in [0.25, 0.3) is 0 Å². The molecule has 0 unspecified atom stereocenters. The van der Waals surface area contributed by atoms with Crippen molar-refractivity contribution in [2.45, 2.75) is 43.9 Å². The lowest BCUT2D eigenvalue weighted by molar-refractivity contribution is -0.0579.